The van der Waals surface area contributed by atoms with Gasteiger partial charge in [-0.05, 0) is 48.4 Å². The number of amides is 1. The lowest BCUT2D eigenvalue weighted by atomic mass is 10.2. The zero-order valence-electron chi connectivity index (χ0n) is 15.7. The number of carbonyl (C=O) groups excluding carboxylic acids is 1. The van der Waals surface area contributed by atoms with Gasteiger partial charge in [-0.2, -0.15) is 16.6 Å². The van der Waals surface area contributed by atoms with Crippen LogP contribution in [0.2, 0.25) is 0 Å². The Morgan fingerprint density at radius 2 is 2.22 bits per heavy atom. The van der Waals surface area contributed by atoms with Gasteiger partial charge in [0.15, 0.2) is 6.54 Å². The average Bonchev–Trinajstić information content (AvgIpc) is 3.35. The van der Waals surface area contributed by atoms with Crippen LogP contribution in [-0.2, 0) is 17.9 Å². The van der Waals surface area contributed by atoms with Gasteiger partial charge in [0.1, 0.15) is 24.2 Å². The van der Waals surface area contributed by atoms with Gasteiger partial charge in [0, 0.05) is 11.3 Å². The zero-order chi connectivity index (χ0) is 19.4. The number of nitrogens with zero attached hydrogens (tertiary/aromatic N) is 2. The van der Waals surface area contributed by atoms with Crippen molar-refractivity contribution in [2.45, 2.75) is 26.9 Å². The molecule has 0 saturated heterocycles. The van der Waals surface area contributed by atoms with Gasteiger partial charge in [0.25, 0.3) is 5.91 Å². The molecule has 0 aromatic carbocycles. The highest BCUT2D eigenvalue weighted by Gasteiger charge is 2.21. The fourth-order valence-corrected chi connectivity index (χ4v) is 3.81. The van der Waals surface area contributed by atoms with Gasteiger partial charge in [0.05, 0.1) is 25.4 Å². The summed E-state index contributed by atoms with van der Waals surface area (Å²) in [5.41, 5.74) is 3.54. The number of likely N-dealkylation sites (N-methyl/N-ethyl adjacent to an activating group) is 1. The van der Waals surface area contributed by atoms with Crippen molar-refractivity contribution in [2.75, 3.05) is 18.9 Å². The van der Waals surface area contributed by atoms with Crippen LogP contribution in [0.1, 0.15) is 28.1 Å². The first-order valence-corrected chi connectivity index (χ1v) is 9.68. The van der Waals surface area contributed by atoms with Crippen molar-refractivity contribution in [1.29, 1.82) is 5.26 Å². The minimum Gasteiger partial charge on any atom is -0.467 e. The molecule has 3 heterocycles. The molecule has 3 aromatic heterocycles. The summed E-state index contributed by atoms with van der Waals surface area (Å²) in [6.07, 6.45) is 1.62. The molecule has 3 aromatic rings. The molecule has 0 spiro atoms. The van der Waals surface area contributed by atoms with E-state index in [9.17, 15) is 10.1 Å². The monoisotopic (exact) mass is 383 g/mol. The number of quaternary nitrogens is 1. The molecule has 0 aliphatic carbocycles. The summed E-state index contributed by atoms with van der Waals surface area (Å²) >= 11 is 1.65. The molecule has 140 valence electrons. The van der Waals surface area contributed by atoms with E-state index in [1.54, 1.807) is 17.6 Å². The normalized spacial score (nSPS) is 11.9. The molecule has 27 heavy (non-hydrogen) atoms. The summed E-state index contributed by atoms with van der Waals surface area (Å²) in [5.74, 6) is 1.20. The first-order chi connectivity index (χ1) is 13.0. The van der Waals surface area contributed by atoms with E-state index < -0.39 is 0 Å². The molecule has 0 aliphatic rings. The van der Waals surface area contributed by atoms with E-state index in [2.05, 4.69) is 22.8 Å². The molecule has 0 bridgehead atoms. The molecule has 7 heteroatoms. The molecular formula is C20H23N4O2S+. The lowest BCUT2D eigenvalue weighted by Gasteiger charge is -2.15. The minimum atomic E-state index is -0.113. The molecule has 0 aliphatic heterocycles. The second-order valence-electron chi connectivity index (χ2n) is 6.70. The molecule has 3 rings (SSSR count). The SMILES string of the molecule is Cc1c(C#N)c(NC(=O)C[NH+](C)Cc2ccsc2)n(Cc2ccco2)c1C. The fourth-order valence-electron chi connectivity index (χ4n) is 3.14. The van der Waals surface area contributed by atoms with E-state index >= 15 is 0 Å². The predicted molar refractivity (Wildman–Crippen MR) is 105 cm³/mol. The van der Waals surface area contributed by atoms with Gasteiger partial charge in [-0.25, -0.2) is 0 Å². The molecule has 1 unspecified atom stereocenters. The standard InChI is InChI=1S/C20H22N4O2S/c1-14-15(2)24(11-17-5-4-7-26-17)20(18(14)9-21)22-19(25)12-23(3)10-16-6-8-27-13-16/h4-8,13H,10-12H2,1-3H3,(H,22,25)/p+1. The zero-order valence-corrected chi connectivity index (χ0v) is 16.5. The van der Waals surface area contributed by atoms with Crippen LogP contribution < -0.4 is 10.2 Å². The number of nitrogens with one attached hydrogen (secondary N) is 2. The Bertz CT molecular complexity index is 949. The van der Waals surface area contributed by atoms with Crippen molar-refractivity contribution in [3.8, 4) is 6.07 Å². The van der Waals surface area contributed by atoms with Gasteiger partial charge in [-0.3, -0.25) is 4.79 Å². The Hall–Kier alpha value is -2.82. The molecule has 0 fully saturated rings. The van der Waals surface area contributed by atoms with Crippen LogP contribution in [0.15, 0.2) is 39.6 Å². The van der Waals surface area contributed by atoms with Crippen molar-refractivity contribution in [1.82, 2.24) is 4.57 Å². The Morgan fingerprint density at radius 3 is 2.85 bits per heavy atom. The highest BCUT2D eigenvalue weighted by atomic mass is 32.1. The summed E-state index contributed by atoms with van der Waals surface area (Å²) in [6.45, 7) is 5.42. The number of carbonyl (C=O) groups is 1. The maximum Gasteiger partial charge on any atom is 0.280 e. The van der Waals surface area contributed by atoms with Crippen LogP contribution in [0, 0.1) is 25.2 Å². The Balaban J connectivity index is 1.77. The molecule has 1 amide bonds. The minimum absolute atomic E-state index is 0.113. The summed E-state index contributed by atoms with van der Waals surface area (Å²) in [5, 5.41) is 16.7. The Labute approximate surface area is 162 Å². The van der Waals surface area contributed by atoms with Crippen LogP contribution in [0.25, 0.3) is 0 Å². The third-order valence-electron chi connectivity index (χ3n) is 4.64. The number of nitriles is 1. The van der Waals surface area contributed by atoms with Crippen LogP contribution in [0.4, 0.5) is 5.82 Å². The maximum atomic E-state index is 12.6. The van der Waals surface area contributed by atoms with E-state index in [0.29, 0.717) is 24.5 Å². The van der Waals surface area contributed by atoms with Crippen LogP contribution in [0.3, 0.4) is 0 Å². The van der Waals surface area contributed by atoms with Crippen molar-refractivity contribution < 1.29 is 14.1 Å². The quantitative estimate of drug-likeness (QED) is 0.658. The highest BCUT2D eigenvalue weighted by molar-refractivity contribution is 7.07. The number of thiophene rings is 1. The number of hydrogen-bond donors (Lipinski definition) is 2. The van der Waals surface area contributed by atoms with Gasteiger partial charge >= 0.3 is 0 Å². The van der Waals surface area contributed by atoms with E-state index in [1.165, 1.54) is 5.56 Å². The van der Waals surface area contributed by atoms with E-state index in [0.717, 1.165) is 28.5 Å². The lowest BCUT2D eigenvalue weighted by Crippen LogP contribution is -3.08. The number of rotatable bonds is 7. The largest absolute Gasteiger partial charge is 0.467 e. The van der Waals surface area contributed by atoms with Gasteiger partial charge in [-0.15, -0.1) is 0 Å². The van der Waals surface area contributed by atoms with Crippen molar-refractivity contribution in [2.24, 2.45) is 0 Å². The Morgan fingerprint density at radius 1 is 1.41 bits per heavy atom. The molecule has 2 N–H and O–H groups in total. The maximum absolute atomic E-state index is 12.6. The Kier molecular flexibility index (Phi) is 5.79. The lowest BCUT2D eigenvalue weighted by molar-refractivity contribution is -0.885. The van der Waals surface area contributed by atoms with Crippen LogP contribution >= 0.6 is 11.3 Å². The van der Waals surface area contributed by atoms with Gasteiger partial charge in [0.2, 0.25) is 0 Å². The summed E-state index contributed by atoms with van der Waals surface area (Å²) in [6, 6.07) is 8.01. The predicted octanol–water partition coefficient (Wildman–Crippen LogP) is 2.33. The van der Waals surface area contributed by atoms with Crippen molar-refractivity contribution in [3.63, 3.8) is 0 Å². The smallest absolute Gasteiger partial charge is 0.280 e. The van der Waals surface area contributed by atoms with E-state index in [4.69, 9.17) is 4.42 Å². The van der Waals surface area contributed by atoms with E-state index in [-0.39, 0.29) is 5.91 Å². The fraction of sp³-hybridized carbons (Fsp3) is 0.300. The van der Waals surface area contributed by atoms with Crippen molar-refractivity contribution >= 4 is 23.1 Å². The molecule has 0 radical (unpaired) electrons. The number of aromatic nitrogens is 1. The molecular weight excluding hydrogens is 360 g/mol. The third-order valence-corrected chi connectivity index (χ3v) is 5.37. The number of hydrogen-bond acceptors (Lipinski definition) is 4. The van der Waals surface area contributed by atoms with E-state index in [1.807, 2.05) is 43.0 Å². The second-order valence-corrected chi connectivity index (χ2v) is 7.48. The highest BCUT2D eigenvalue weighted by Crippen LogP contribution is 2.27. The number of furan rings is 1. The molecule has 0 saturated carbocycles. The van der Waals surface area contributed by atoms with Crippen LogP contribution in [-0.4, -0.2) is 24.1 Å². The summed E-state index contributed by atoms with van der Waals surface area (Å²) in [4.78, 5) is 13.7. The average molecular weight is 383 g/mol. The van der Waals surface area contributed by atoms with Crippen molar-refractivity contribution in [3.05, 3.63) is 63.4 Å². The topological polar surface area (TPSA) is 75.4 Å². The second kappa shape index (κ2) is 8.25. The summed E-state index contributed by atoms with van der Waals surface area (Å²) in [7, 11) is 1.99. The third kappa shape index (κ3) is 4.30. The van der Waals surface area contributed by atoms with Gasteiger partial charge in [-0.1, -0.05) is 0 Å². The molecule has 6 nitrogen and oxygen atoms in total. The molecule has 1 atom stereocenters. The van der Waals surface area contributed by atoms with Gasteiger partial charge < -0.3 is 19.2 Å². The first-order valence-electron chi connectivity index (χ1n) is 8.74. The summed E-state index contributed by atoms with van der Waals surface area (Å²) < 4.78 is 7.37. The number of anilines is 1. The van der Waals surface area contributed by atoms with Crippen LogP contribution in [0.5, 0.6) is 0 Å². The first kappa shape index (κ1) is 19.0.